The molecule has 7 nitrogen and oxygen atoms in total. The number of unbranched alkanes of at least 4 members (excludes halogenated alkanes) is 2. The van der Waals surface area contributed by atoms with Gasteiger partial charge in [-0.15, -0.1) is 0 Å². The summed E-state index contributed by atoms with van der Waals surface area (Å²) in [5.74, 6) is -0.402. The molecule has 0 aromatic rings. The second-order valence-corrected chi connectivity index (χ2v) is 8.17. The number of nitrogens with zero attached hydrogens (tertiary/aromatic N) is 3. The molecule has 0 aromatic carbocycles. The third kappa shape index (κ3) is 4.86. The van der Waals surface area contributed by atoms with Crippen LogP contribution in [0, 0.1) is 0 Å². The summed E-state index contributed by atoms with van der Waals surface area (Å²) in [6.07, 6.45) is 6.24. The van der Waals surface area contributed by atoms with Crippen LogP contribution in [0.4, 0.5) is 0 Å². The highest BCUT2D eigenvalue weighted by atomic mass is 32.2. The number of likely N-dealkylation sites (N-methyl/N-ethyl adjacent to an activating group) is 1. The lowest BCUT2D eigenvalue weighted by Gasteiger charge is -2.33. The lowest BCUT2D eigenvalue weighted by atomic mass is 10.1. The number of carbonyl (C=O) groups is 2. The second-order valence-electron chi connectivity index (χ2n) is 6.19. The molecule has 0 unspecified atom stereocenters. The molecule has 0 aliphatic carbocycles. The van der Waals surface area contributed by atoms with Crippen molar-refractivity contribution in [1.82, 2.24) is 14.1 Å². The molecule has 2 aliphatic rings. The first-order chi connectivity index (χ1) is 10.8. The summed E-state index contributed by atoms with van der Waals surface area (Å²) < 4.78 is 24.4. The van der Waals surface area contributed by atoms with Gasteiger partial charge in [0.05, 0.1) is 6.26 Å². The Kier molecular flexibility index (Phi) is 5.94. The summed E-state index contributed by atoms with van der Waals surface area (Å²) in [5, 5.41) is 0. The molecule has 0 aromatic heterocycles. The van der Waals surface area contributed by atoms with E-state index in [1.54, 1.807) is 0 Å². The van der Waals surface area contributed by atoms with Crippen LogP contribution in [-0.4, -0.2) is 80.4 Å². The van der Waals surface area contributed by atoms with Crippen molar-refractivity contribution in [3.8, 4) is 0 Å². The van der Waals surface area contributed by atoms with Gasteiger partial charge in [0.15, 0.2) is 0 Å². The highest BCUT2D eigenvalue weighted by molar-refractivity contribution is 7.88. The number of amides is 2. The minimum absolute atomic E-state index is 0.174. The van der Waals surface area contributed by atoms with Crippen LogP contribution >= 0.6 is 0 Å². The smallest absolute Gasteiger partial charge is 0.256 e. The Morgan fingerprint density at radius 2 is 1.70 bits per heavy atom. The van der Waals surface area contributed by atoms with Gasteiger partial charge in [-0.05, 0) is 25.8 Å². The van der Waals surface area contributed by atoms with Crippen LogP contribution in [0.25, 0.3) is 0 Å². The number of sulfonamides is 1. The van der Waals surface area contributed by atoms with Gasteiger partial charge in [-0.25, -0.2) is 8.42 Å². The molecule has 0 spiro atoms. The van der Waals surface area contributed by atoms with Crippen molar-refractivity contribution >= 4 is 21.8 Å². The van der Waals surface area contributed by atoms with Gasteiger partial charge in [-0.3, -0.25) is 14.5 Å². The van der Waals surface area contributed by atoms with Gasteiger partial charge in [0.2, 0.25) is 10.0 Å². The zero-order valence-corrected chi connectivity index (χ0v) is 14.6. The lowest BCUT2D eigenvalue weighted by Crippen LogP contribution is -2.48. The maximum absolute atomic E-state index is 11.7. The first-order valence-corrected chi connectivity index (χ1v) is 9.84. The fourth-order valence-electron chi connectivity index (χ4n) is 2.91. The Hall–Kier alpha value is -1.25. The Morgan fingerprint density at radius 1 is 1.04 bits per heavy atom. The number of hydrogen-bond acceptors (Lipinski definition) is 5. The molecular weight excluding hydrogens is 318 g/mol. The van der Waals surface area contributed by atoms with Gasteiger partial charge in [0.25, 0.3) is 11.8 Å². The number of rotatable bonds is 7. The molecule has 0 radical (unpaired) electrons. The molecule has 2 rings (SSSR count). The quantitative estimate of drug-likeness (QED) is 0.482. The molecule has 8 heteroatoms. The van der Waals surface area contributed by atoms with Crippen LogP contribution < -0.4 is 0 Å². The Balaban J connectivity index is 1.60. The van der Waals surface area contributed by atoms with E-state index in [0.717, 1.165) is 43.8 Å². The predicted octanol–water partition coefficient (Wildman–Crippen LogP) is 0.0490. The number of carbonyl (C=O) groups excluding carboxylic acids is 2. The van der Waals surface area contributed by atoms with Crippen LogP contribution in [0.1, 0.15) is 25.7 Å². The Morgan fingerprint density at radius 3 is 2.22 bits per heavy atom. The molecule has 2 aliphatic heterocycles. The van der Waals surface area contributed by atoms with E-state index in [2.05, 4.69) is 4.90 Å². The molecule has 1 fully saturated rings. The monoisotopic (exact) mass is 343 g/mol. The zero-order valence-electron chi connectivity index (χ0n) is 13.8. The predicted molar refractivity (Wildman–Crippen MR) is 87.2 cm³/mol. The van der Waals surface area contributed by atoms with Crippen LogP contribution in [0.5, 0.6) is 0 Å². The maximum atomic E-state index is 11.7. The third-order valence-electron chi connectivity index (χ3n) is 4.43. The van der Waals surface area contributed by atoms with E-state index in [4.69, 9.17) is 0 Å². The lowest BCUT2D eigenvalue weighted by molar-refractivity contribution is -0.135. The molecule has 0 atom stereocenters. The van der Waals surface area contributed by atoms with Crippen molar-refractivity contribution in [1.29, 1.82) is 0 Å². The molecule has 0 N–H and O–H groups in total. The molecule has 2 heterocycles. The normalized spacial score (nSPS) is 21.1. The van der Waals surface area contributed by atoms with Gasteiger partial charge in [0, 0.05) is 44.9 Å². The topological polar surface area (TPSA) is 78.0 Å². The van der Waals surface area contributed by atoms with Crippen LogP contribution in [-0.2, 0) is 19.6 Å². The molecular formula is C15H25N3O4S. The van der Waals surface area contributed by atoms with Crippen molar-refractivity contribution in [3.05, 3.63) is 11.6 Å². The Bertz CT molecular complexity index is 592. The molecule has 0 bridgehead atoms. The maximum Gasteiger partial charge on any atom is 0.256 e. The number of hydrogen-bond donors (Lipinski definition) is 0. The first kappa shape index (κ1) is 18.1. The summed E-state index contributed by atoms with van der Waals surface area (Å²) in [6, 6.07) is 0. The highest BCUT2D eigenvalue weighted by Crippen LogP contribution is 2.17. The summed E-state index contributed by atoms with van der Waals surface area (Å²) in [7, 11) is -1.56. The first-order valence-electron chi connectivity index (χ1n) is 7.99. The van der Waals surface area contributed by atoms with Gasteiger partial charge in [0.1, 0.15) is 0 Å². The molecule has 2 amide bonds. The SMILES string of the molecule is CN1C(=O)C=C(CCCCCN2CCN(S(C)(=O)=O)CC2)C1=O. The summed E-state index contributed by atoms with van der Waals surface area (Å²) >= 11 is 0. The summed E-state index contributed by atoms with van der Waals surface area (Å²) in [6.45, 7) is 3.62. The van der Waals surface area contributed by atoms with E-state index in [-0.39, 0.29) is 11.8 Å². The molecule has 23 heavy (non-hydrogen) atoms. The van der Waals surface area contributed by atoms with Crippen LogP contribution in [0.2, 0.25) is 0 Å². The van der Waals surface area contributed by atoms with E-state index in [9.17, 15) is 18.0 Å². The van der Waals surface area contributed by atoms with Crippen LogP contribution in [0.3, 0.4) is 0 Å². The van der Waals surface area contributed by atoms with E-state index in [0.29, 0.717) is 25.1 Å². The van der Waals surface area contributed by atoms with E-state index < -0.39 is 10.0 Å². The van der Waals surface area contributed by atoms with Crippen molar-refractivity contribution in [2.45, 2.75) is 25.7 Å². The number of piperazine rings is 1. The van der Waals surface area contributed by atoms with Crippen molar-refractivity contribution in [3.63, 3.8) is 0 Å². The average Bonchev–Trinajstić information content (AvgIpc) is 2.74. The second kappa shape index (κ2) is 7.55. The van der Waals surface area contributed by atoms with Crippen molar-refractivity contribution < 1.29 is 18.0 Å². The van der Waals surface area contributed by atoms with Gasteiger partial charge < -0.3 is 4.90 Å². The van der Waals surface area contributed by atoms with Crippen molar-refractivity contribution in [2.24, 2.45) is 0 Å². The van der Waals surface area contributed by atoms with E-state index in [1.807, 2.05) is 0 Å². The highest BCUT2D eigenvalue weighted by Gasteiger charge is 2.26. The minimum Gasteiger partial charge on any atom is -0.301 e. The van der Waals surface area contributed by atoms with Gasteiger partial charge in [-0.2, -0.15) is 4.31 Å². The molecule has 130 valence electrons. The average molecular weight is 343 g/mol. The summed E-state index contributed by atoms with van der Waals surface area (Å²) in [4.78, 5) is 26.5. The number of imide groups is 1. The zero-order chi connectivity index (χ0) is 17.0. The fraction of sp³-hybridized carbons (Fsp3) is 0.733. The fourth-order valence-corrected chi connectivity index (χ4v) is 3.74. The molecule has 1 saturated heterocycles. The summed E-state index contributed by atoms with van der Waals surface area (Å²) in [5.41, 5.74) is 0.610. The minimum atomic E-state index is -3.07. The van der Waals surface area contributed by atoms with Crippen LogP contribution in [0.15, 0.2) is 11.6 Å². The largest absolute Gasteiger partial charge is 0.301 e. The van der Waals surface area contributed by atoms with Crippen molar-refractivity contribution in [2.75, 3.05) is 46.0 Å². The van der Waals surface area contributed by atoms with E-state index >= 15 is 0 Å². The standard InChI is InChI=1S/C15H25N3O4S/c1-16-14(19)12-13(15(16)20)6-4-3-5-7-17-8-10-18(11-9-17)23(2,21)22/h12H,3-11H2,1-2H3. The van der Waals surface area contributed by atoms with Gasteiger partial charge in [-0.1, -0.05) is 6.42 Å². The molecule has 0 saturated carbocycles. The Labute approximate surface area is 138 Å². The van der Waals surface area contributed by atoms with Gasteiger partial charge >= 0.3 is 0 Å². The van der Waals surface area contributed by atoms with E-state index in [1.165, 1.54) is 23.7 Å². The third-order valence-corrected chi connectivity index (χ3v) is 5.73.